The molecule has 4 atom stereocenters. The zero-order valence-corrected chi connectivity index (χ0v) is 15.8. The van der Waals surface area contributed by atoms with Crippen molar-refractivity contribution in [3.63, 3.8) is 0 Å². The summed E-state index contributed by atoms with van der Waals surface area (Å²) in [4.78, 5) is 35.0. The maximum absolute atomic E-state index is 12.2. The van der Waals surface area contributed by atoms with Crippen molar-refractivity contribution in [2.75, 3.05) is 0 Å². The molecule has 0 spiro atoms. The van der Waals surface area contributed by atoms with Gasteiger partial charge in [-0.25, -0.2) is 4.21 Å². The van der Waals surface area contributed by atoms with Gasteiger partial charge in [0.2, 0.25) is 11.8 Å². The molecule has 23 heavy (non-hydrogen) atoms. The average molecular weight is 350 g/mol. The second-order valence-electron chi connectivity index (χ2n) is 5.11. The predicted octanol–water partition coefficient (Wildman–Crippen LogP) is -5.08. The Hall–Kier alpha value is -1.00. The van der Waals surface area contributed by atoms with E-state index in [1.807, 2.05) is 0 Å². The fourth-order valence-electron chi connectivity index (χ4n) is 2.70. The van der Waals surface area contributed by atoms with Crippen LogP contribution in [0.25, 0.3) is 0 Å². The average Bonchev–Trinajstić information content (AvgIpc) is 2.72. The van der Waals surface area contributed by atoms with E-state index in [9.17, 15) is 28.8 Å². The van der Waals surface area contributed by atoms with Crippen molar-refractivity contribution in [2.45, 2.75) is 32.4 Å². The Morgan fingerprint density at radius 2 is 2.13 bits per heavy atom. The largest absolute Gasteiger partial charge is 1.00 e. The van der Waals surface area contributed by atoms with Gasteiger partial charge in [-0.05, 0) is 6.92 Å². The van der Waals surface area contributed by atoms with E-state index in [2.05, 4.69) is 5.32 Å². The number of nitrogens with one attached hydrogen (secondary N) is 1. The molecule has 2 amide bonds. The molecule has 0 bridgehead atoms. The summed E-state index contributed by atoms with van der Waals surface area (Å²) in [6.07, 6.45) is 0.322. The first kappa shape index (κ1) is 20.0. The quantitative estimate of drug-likeness (QED) is 0.377. The number of carboxylic acid groups (broad SMARTS) is 1. The van der Waals surface area contributed by atoms with Crippen LogP contribution in [0.15, 0.2) is 22.2 Å². The molecule has 0 aromatic carbocycles. The molecule has 8 nitrogen and oxygen atoms in total. The summed E-state index contributed by atoms with van der Waals surface area (Å²) in [6.45, 7) is 2.72. The van der Waals surface area contributed by atoms with Crippen molar-refractivity contribution in [1.29, 1.82) is 0 Å². The molecule has 0 radical (unpaired) electrons. The van der Waals surface area contributed by atoms with E-state index in [4.69, 9.17) is 0 Å². The van der Waals surface area contributed by atoms with Crippen LogP contribution in [0.2, 0.25) is 0 Å². The third-order valence-corrected chi connectivity index (χ3v) is 4.83. The van der Waals surface area contributed by atoms with E-state index in [0.717, 1.165) is 16.5 Å². The normalized spacial score (nSPS) is 25.5. The van der Waals surface area contributed by atoms with Crippen molar-refractivity contribution in [2.24, 2.45) is 5.92 Å². The third-order valence-electron chi connectivity index (χ3n) is 3.60. The zero-order valence-electron chi connectivity index (χ0n) is 12.9. The van der Waals surface area contributed by atoms with Crippen LogP contribution in [0.4, 0.5) is 0 Å². The van der Waals surface area contributed by atoms with Crippen LogP contribution in [0.5, 0.6) is 0 Å². The number of amides is 2. The van der Waals surface area contributed by atoms with Gasteiger partial charge in [-0.1, -0.05) is 0 Å². The second kappa shape index (κ2) is 7.71. The van der Waals surface area contributed by atoms with E-state index in [-0.39, 0.29) is 46.8 Å². The minimum atomic E-state index is -1.82. The Bertz CT molecular complexity index is 630. The monoisotopic (exact) mass is 350 g/mol. The summed E-state index contributed by atoms with van der Waals surface area (Å²) in [5, 5.41) is 24.3. The molecule has 2 aliphatic heterocycles. The fraction of sp³-hybridized carbons (Fsp3) is 0.462. The number of aliphatic hydroxyl groups excluding tert-OH is 1. The van der Waals surface area contributed by atoms with Gasteiger partial charge < -0.3 is 25.2 Å². The summed E-state index contributed by atoms with van der Waals surface area (Å²) in [6, 6.07) is -0.520. The van der Waals surface area contributed by atoms with Gasteiger partial charge in [0.25, 0.3) is 0 Å². The number of hydrogen-bond acceptors (Lipinski definition) is 6. The Labute approximate surface area is 157 Å². The predicted molar refractivity (Wildman–Crippen MR) is 73.6 cm³/mol. The number of β-lactam (4-membered cyclic amide) rings is 1. The van der Waals surface area contributed by atoms with Crippen LogP contribution >= 0.6 is 0 Å². The summed E-state index contributed by atoms with van der Waals surface area (Å²) in [5.74, 6) is -3.17. The van der Waals surface area contributed by atoms with Gasteiger partial charge in [0.15, 0.2) is 0 Å². The molecule has 2 heterocycles. The van der Waals surface area contributed by atoms with Gasteiger partial charge in [-0.15, -0.1) is 0 Å². The third kappa shape index (κ3) is 3.74. The van der Waals surface area contributed by atoms with Crippen LogP contribution in [-0.2, 0) is 25.2 Å². The molecule has 0 aliphatic carbocycles. The topological polar surface area (TPSA) is 127 Å². The molecule has 1 saturated heterocycles. The van der Waals surface area contributed by atoms with Crippen molar-refractivity contribution in [1.82, 2.24) is 10.2 Å². The number of carbonyl (C=O) groups is 3. The molecule has 2 N–H and O–H groups in total. The van der Waals surface area contributed by atoms with E-state index in [1.165, 1.54) is 13.8 Å². The van der Waals surface area contributed by atoms with E-state index < -0.39 is 46.4 Å². The number of aliphatic carboxylic acids is 1. The number of carboxylic acids is 1. The molecule has 10 heteroatoms. The summed E-state index contributed by atoms with van der Waals surface area (Å²) in [7, 11) is -1.82. The maximum atomic E-state index is 12.2. The van der Waals surface area contributed by atoms with E-state index in [0.29, 0.717) is 0 Å². The van der Waals surface area contributed by atoms with Crippen LogP contribution in [0, 0.1) is 5.92 Å². The Balaban J connectivity index is 0.00000264. The number of hydrogen-bond donors (Lipinski definition) is 2. The fourth-order valence-corrected chi connectivity index (χ4v) is 3.76. The van der Waals surface area contributed by atoms with E-state index >= 15 is 0 Å². The van der Waals surface area contributed by atoms with Gasteiger partial charge in [0.1, 0.15) is 0 Å². The van der Waals surface area contributed by atoms with Crippen molar-refractivity contribution in [3.05, 3.63) is 22.2 Å². The van der Waals surface area contributed by atoms with Crippen molar-refractivity contribution in [3.8, 4) is 0 Å². The van der Waals surface area contributed by atoms with Gasteiger partial charge >= 0.3 is 29.6 Å². The second-order valence-corrected chi connectivity index (χ2v) is 6.47. The number of fused-ring (bicyclic) bond motifs is 1. The summed E-state index contributed by atoms with van der Waals surface area (Å²) in [5.41, 5.74) is -0.405. The van der Waals surface area contributed by atoms with Crippen LogP contribution < -0.4 is 40.0 Å². The minimum Gasteiger partial charge on any atom is -0.543 e. The van der Waals surface area contributed by atoms with Gasteiger partial charge in [0, 0.05) is 29.9 Å². The number of carbonyl (C=O) groups excluding carboxylic acids is 3. The van der Waals surface area contributed by atoms with Gasteiger partial charge in [-0.3, -0.25) is 9.59 Å². The molecule has 0 aromatic heterocycles. The molecule has 0 saturated carbocycles. The molecular formula is C13H15N2NaO6S. The molecule has 120 valence electrons. The van der Waals surface area contributed by atoms with Crippen LogP contribution in [0.3, 0.4) is 0 Å². The number of aliphatic hydroxyl groups is 1. The first-order valence-electron chi connectivity index (χ1n) is 6.55. The Morgan fingerprint density at radius 3 is 2.61 bits per heavy atom. The van der Waals surface area contributed by atoms with Crippen LogP contribution in [0.1, 0.15) is 20.3 Å². The van der Waals surface area contributed by atoms with Crippen molar-refractivity contribution < 1.29 is 58.4 Å². The summed E-state index contributed by atoms with van der Waals surface area (Å²) >= 11 is 0. The van der Waals surface area contributed by atoms with Gasteiger partial charge in [-0.2, -0.15) is 0 Å². The summed E-state index contributed by atoms with van der Waals surface area (Å²) < 4.78 is 12.2. The molecule has 2 unspecified atom stereocenters. The SMILES string of the molecule is CC(=O)N/C=C\S(=O)C1=C(C(=O)[O-])N2C(=O)[C@@H](C(C)O)[C@H]2C1.[Na+]. The Kier molecular flexibility index (Phi) is 6.72. The standard InChI is InChI=1S/C13H16N2O6S.Na/c1-6(16)10-8-5-9(22(21)4-3-14-7(2)17)11(13(19)20)15(8)12(10)18;/h3-4,6,8,10,16H,5H2,1-2H3,(H,14,17)(H,19,20);/q;+1/p-1/b4-3-;/t6?,8-,10+,22?;/m1./s1. The smallest absolute Gasteiger partial charge is 0.543 e. The molecule has 0 aromatic rings. The number of rotatable bonds is 5. The minimum absolute atomic E-state index is 0. The molecule has 2 rings (SSSR count). The van der Waals surface area contributed by atoms with Crippen LogP contribution in [-0.4, -0.2) is 44.1 Å². The Morgan fingerprint density at radius 1 is 1.52 bits per heavy atom. The van der Waals surface area contributed by atoms with E-state index in [1.54, 1.807) is 0 Å². The first-order valence-corrected chi connectivity index (χ1v) is 7.77. The first-order chi connectivity index (χ1) is 10.3. The van der Waals surface area contributed by atoms with Gasteiger partial charge in [0.05, 0.1) is 40.5 Å². The number of nitrogens with zero attached hydrogens (tertiary/aromatic N) is 1. The van der Waals surface area contributed by atoms with Crippen molar-refractivity contribution >= 4 is 28.6 Å². The molecule has 1 fully saturated rings. The maximum Gasteiger partial charge on any atom is 1.00 e. The molecule has 2 aliphatic rings. The molecular weight excluding hydrogens is 335 g/mol. The zero-order chi connectivity index (χ0) is 16.6.